The van der Waals surface area contributed by atoms with E-state index in [0.29, 0.717) is 18.7 Å². The first-order valence-electron chi connectivity index (χ1n) is 6.04. The van der Waals surface area contributed by atoms with Gasteiger partial charge >= 0.3 is 5.97 Å². The van der Waals surface area contributed by atoms with Crippen LogP contribution in [0.25, 0.3) is 0 Å². The number of anilines is 1. The molecule has 1 aromatic carbocycles. The molecule has 0 spiro atoms. The van der Waals surface area contributed by atoms with Gasteiger partial charge in [0.25, 0.3) is 0 Å². The number of benzene rings is 1. The average molecular weight is 246 g/mol. The predicted octanol–water partition coefficient (Wildman–Crippen LogP) is 2.26. The fraction of sp³-hybridized carbons (Fsp3) is 0.429. The number of hydrogen-bond acceptors (Lipinski definition) is 4. The first-order valence-corrected chi connectivity index (χ1v) is 6.04. The second-order valence-corrected chi connectivity index (χ2v) is 3.90. The molecule has 0 aliphatic rings. The summed E-state index contributed by atoms with van der Waals surface area (Å²) in [5.41, 5.74) is 2.39. The Bertz CT molecular complexity index is 463. The van der Waals surface area contributed by atoms with Gasteiger partial charge in [0, 0.05) is 6.54 Å². The van der Waals surface area contributed by atoms with Gasteiger partial charge in [-0.1, -0.05) is 12.1 Å². The average Bonchev–Trinajstić information content (AvgIpc) is 2.36. The van der Waals surface area contributed by atoms with E-state index in [0.717, 1.165) is 11.3 Å². The van der Waals surface area contributed by atoms with Crippen molar-refractivity contribution >= 4 is 11.7 Å². The van der Waals surface area contributed by atoms with E-state index >= 15 is 0 Å². The number of esters is 1. The zero-order valence-electron chi connectivity index (χ0n) is 11.1. The molecule has 0 aliphatic carbocycles. The lowest BCUT2D eigenvalue weighted by Crippen LogP contribution is -2.32. The molecule has 1 rings (SSSR count). The van der Waals surface area contributed by atoms with E-state index in [1.54, 1.807) is 13.0 Å². The summed E-state index contributed by atoms with van der Waals surface area (Å²) in [6.07, 6.45) is 0. The standard InChI is InChI=1S/C14H18N2O2/c1-4-16(10-13(17)18-5-2)14-11(3)7-6-8-12(14)9-15/h6-8H,4-5,10H2,1-3H3. The maximum Gasteiger partial charge on any atom is 0.325 e. The van der Waals surface area contributed by atoms with E-state index in [1.165, 1.54) is 0 Å². The van der Waals surface area contributed by atoms with Crippen molar-refractivity contribution in [2.75, 3.05) is 24.6 Å². The molecular formula is C14H18N2O2. The van der Waals surface area contributed by atoms with Crippen LogP contribution in [0.4, 0.5) is 5.69 Å². The molecule has 0 heterocycles. The molecule has 0 saturated carbocycles. The maximum atomic E-state index is 11.5. The summed E-state index contributed by atoms with van der Waals surface area (Å²) in [5, 5.41) is 9.13. The van der Waals surface area contributed by atoms with Crippen LogP contribution in [-0.4, -0.2) is 25.7 Å². The molecule has 4 heteroatoms. The van der Waals surface area contributed by atoms with Gasteiger partial charge in [-0.05, 0) is 32.4 Å². The van der Waals surface area contributed by atoms with E-state index in [2.05, 4.69) is 6.07 Å². The van der Waals surface area contributed by atoms with Gasteiger partial charge < -0.3 is 9.64 Å². The molecule has 96 valence electrons. The fourth-order valence-corrected chi connectivity index (χ4v) is 1.88. The lowest BCUT2D eigenvalue weighted by atomic mass is 10.1. The molecule has 0 amide bonds. The Morgan fingerprint density at radius 3 is 2.72 bits per heavy atom. The van der Waals surface area contributed by atoms with E-state index in [4.69, 9.17) is 10.00 Å². The minimum absolute atomic E-state index is 0.171. The number of ether oxygens (including phenoxy) is 1. The Morgan fingerprint density at radius 2 is 2.17 bits per heavy atom. The number of hydrogen-bond donors (Lipinski definition) is 0. The van der Waals surface area contributed by atoms with Gasteiger partial charge in [-0.15, -0.1) is 0 Å². The van der Waals surface area contributed by atoms with Crippen molar-refractivity contribution in [1.82, 2.24) is 0 Å². The van der Waals surface area contributed by atoms with Crippen molar-refractivity contribution < 1.29 is 9.53 Å². The number of rotatable bonds is 5. The molecule has 0 N–H and O–H groups in total. The normalized spacial score (nSPS) is 9.67. The Balaban J connectivity index is 3.02. The third-order valence-corrected chi connectivity index (χ3v) is 2.68. The molecule has 0 aliphatic heterocycles. The monoisotopic (exact) mass is 246 g/mol. The number of likely N-dealkylation sites (N-methyl/N-ethyl adjacent to an activating group) is 1. The largest absolute Gasteiger partial charge is 0.465 e. The lowest BCUT2D eigenvalue weighted by Gasteiger charge is -2.24. The van der Waals surface area contributed by atoms with Gasteiger partial charge in [-0.2, -0.15) is 5.26 Å². The fourth-order valence-electron chi connectivity index (χ4n) is 1.88. The number of carbonyl (C=O) groups is 1. The first-order chi connectivity index (χ1) is 8.63. The van der Waals surface area contributed by atoms with Crippen molar-refractivity contribution in [3.63, 3.8) is 0 Å². The third-order valence-electron chi connectivity index (χ3n) is 2.68. The van der Waals surface area contributed by atoms with E-state index in [1.807, 2.05) is 30.9 Å². The lowest BCUT2D eigenvalue weighted by molar-refractivity contribution is -0.141. The molecule has 0 aromatic heterocycles. The van der Waals surface area contributed by atoms with Crippen LogP contribution in [0.15, 0.2) is 18.2 Å². The van der Waals surface area contributed by atoms with Crippen molar-refractivity contribution in [2.24, 2.45) is 0 Å². The van der Waals surface area contributed by atoms with Gasteiger partial charge in [-0.25, -0.2) is 0 Å². The number of nitriles is 1. The highest BCUT2D eigenvalue weighted by atomic mass is 16.5. The molecule has 0 fully saturated rings. The van der Waals surface area contributed by atoms with Crippen LogP contribution < -0.4 is 4.90 Å². The van der Waals surface area contributed by atoms with Crippen molar-refractivity contribution in [3.8, 4) is 6.07 Å². The number of nitrogens with zero attached hydrogens (tertiary/aromatic N) is 2. The van der Waals surface area contributed by atoms with Gasteiger partial charge in [0.1, 0.15) is 12.6 Å². The highest BCUT2D eigenvalue weighted by Gasteiger charge is 2.16. The molecule has 0 bridgehead atoms. The van der Waals surface area contributed by atoms with Gasteiger partial charge in [0.2, 0.25) is 0 Å². The van der Waals surface area contributed by atoms with E-state index < -0.39 is 0 Å². The molecule has 0 radical (unpaired) electrons. The summed E-state index contributed by atoms with van der Waals surface area (Å²) in [6.45, 7) is 6.86. The Hall–Kier alpha value is -2.02. The van der Waals surface area contributed by atoms with Crippen LogP contribution in [0.2, 0.25) is 0 Å². The highest BCUT2D eigenvalue weighted by Crippen LogP contribution is 2.24. The summed E-state index contributed by atoms with van der Waals surface area (Å²) in [4.78, 5) is 13.4. The topological polar surface area (TPSA) is 53.3 Å². The minimum atomic E-state index is -0.272. The van der Waals surface area contributed by atoms with Crippen LogP contribution in [-0.2, 0) is 9.53 Å². The quantitative estimate of drug-likeness (QED) is 0.748. The summed E-state index contributed by atoms with van der Waals surface area (Å²) >= 11 is 0. The van der Waals surface area contributed by atoms with Gasteiger partial charge in [-0.3, -0.25) is 4.79 Å². The zero-order chi connectivity index (χ0) is 13.5. The highest BCUT2D eigenvalue weighted by molar-refractivity contribution is 5.77. The van der Waals surface area contributed by atoms with E-state index in [-0.39, 0.29) is 12.5 Å². The SMILES string of the molecule is CCOC(=O)CN(CC)c1c(C)cccc1C#N. The maximum absolute atomic E-state index is 11.5. The summed E-state index contributed by atoms with van der Waals surface area (Å²) in [6, 6.07) is 7.70. The van der Waals surface area contributed by atoms with Crippen molar-refractivity contribution in [1.29, 1.82) is 5.26 Å². The van der Waals surface area contributed by atoms with Gasteiger partial charge in [0.15, 0.2) is 0 Å². The van der Waals surface area contributed by atoms with Crippen LogP contribution in [0.5, 0.6) is 0 Å². The molecule has 18 heavy (non-hydrogen) atoms. The number of para-hydroxylation sites is 1. The summed E-state index contributed by atoms with van der Waals surface area (Å²) in [5.74, 6) is -0.272. The van der Waals surface area contributed by atoms with Crippen molar-refractivity contribution in [2.45, 2.75) is 20.8 Å². The third kappa shape index (κ3) is 3.24. The molecule has 0 saturated heterocycles. The molecular weight excluding hydrogens is 228 g/mol. The second kappa shape index (κ2) is 6.65. The summed E-state index contributed by atoms with van der Waals surface area (Å²) < 4.78 is 4.95. The minimum Gasteiger partial charge on any atom is -0.465 e. The Kier molecular flexibility index (Phi) is 5.19. The Labute approximate surface area is 108 Å². The van der Waals surface area contributed by atoms with Crippen LogP contribution in [0, 0.1) is 18.3 Å². The molecule has 0 unspecified atom stereocenters. The molecule has 1 aromatic rings. The van der Waals surface area contributed by atoms with Crippen molar-refractivity contribution in [3.05, 3.63) is 29.3 Å². The van der Waals surface area contributed by atoms with Gasteiger partial charge in [0.05, 0.1) is 17.9 Å². The second-order valence-electron chi connectivity index (χ2n) is 3.90. The van der Waals surface area contributed by atoms with Crippen LogP contribution in [0.3, 0.4) is 0 Å². The van der Waals surface area contributed by atoms with Crippen LogP contribution in [0.1, 0.15) is 25.0 Å². The predicted molar refractivity (Wildman–Crippen MR) is 70.4 cm³/mol. The number of aryl methyl sites for hydroxylation is 1. The smallest absolute Gasteiger partial charge is 0.325 e. The first kappa shape index (κ1) is 14.0. The number of carbonyl (C=O) groups excluding carboxylic acids is 1. The Morgan fingerprint density at radius 1 is 1.44 bits per heavy atom. The summed E-state index contributed by atoms with van der Waals surface area (Å²) in [7, 11) is 0. The van der Waals surface area contributed by atoms with E-state index in [9.17, 15) is 4.79 Å². The molecule has 0 atom stereocenters. The molecule has 4 nitrogen and oxygen atoms in total. The van der Waals surface area contributed by atoms with Crippen LogP contribution >= 0.6 is 0 Å². The zero-order valence-corrected chi connectivity index (χ0v) is 11.1.